The van der Waals surface area contributed by atoms with Crippen molar-refractivity contribution in [2.75, 3.05) is 0 Å². The van der Waals surface area contributed by atoms with Gasteiger partial charge in [-0.15, -0.1) is 0 Å². The number of carboxylic acid groups (broad SMARTS) is 2. The first-order valence-corrected chi connectivity index (χ1v) is 5.57. The molecular formula is C10H16N2O4. The number of rotatable bonds is 1. The molecule has 1 aliphatic carbocycles. The number of aliphatic carboxylic acids is 1. The molecule has 3 N–H and O–H groups in total. The predicted octanol–water partition coefficient (Wildman–Crippen LogP) is 1.03. The highest BCUT2D eigenvalue weighted by Crippen LogP contribution is 2.37. The first kappa shape index (κ1) is 11.2. The number of carbonyl (C=O) groups is 2. The molecule has 90 valence electrons. The topological polar surface area (TPSA) is 89.9 Å². The number of carboxylic acids is 1. The third-order valence-electron chi connectivity index (χ3n) is 3.56. The molecule has 1 spiro atoms. The lowest BCUT2D eigenvalue weighted by Crippen LogP contribution is -2.50. The van der Waals surface area contributed by atoms with Crippen molar-refractivity contribution in [2.24, 2.45) is 0 Å². The summed E-state index contributed by atoms with van der Waals surface area (Å²) in [6.07, 6.45) is 4.11. The van der Waals surface area contributed by atoms with Crippen molar-refractivity contribution in [1.29, 1.82) is 0 Å². The summed E-state index contributed by atoms with van der Waals surface area (Å²) in [6.45, 7) is 0. The number of hydrazine groups is 1. The van der Waals surface area contributed by atoms with E-state index in [1.807, 2.05) is 0 Å². The quantitative estimate of drug-likeness (QED) is 0.623. The second kappa shape index (κ2) is 3.93. The fourth-order valence-electron chi connectivity index (χ4n) is 2.76. The van der Waals surface area contributed by atoms with E-state index in [0.29, 0.717) is 6.42 Å². The fraction of sp³-hybridized carbons (Fsp3) is 0.800. The summed E-state index contributed by atoms with van der Waals surface area (Å²) >= 11 is 0. The molecule has 1 saturated heterocycles. The Kier molecular flexibility index (Phi) is 2.75. The minimum atomic E-state index is -1.21. The fourth-order valence-corrected chi connectivity index (χ4v) is 2.76. The molecule has 6 heteroatoms. The van der Waals surface area contributed by atoms with Gasteiger partial charge in [0.1, 0.15) is 0 Å². The van der Waals surface area contributed by atoms with Crippen LogP contribution in [0.25, 0.3) is 0 Å². The van der Waals surface area contributed by atoms with Gasteiger partial charge in [-0.2, -0.15) is 0 Å². The standard InChI is InChI=1S/C10H16N2O4/c13-8(14)7-6-10(4-2-1-3-5-10)11-12(7)9(15)16/h7,11H,1-6H2,(H,13,14)(H,15,16). The molecule has 16 heavy (non-hydrogen) atoms. The number of hydrogen-bond acceptors (Lipinski definition) is 3. The van der Waals surface area contributed by atoms with Gasteiger partial charge in [0.25, 0.3) is 0 Å². The molecule has 1 amide bonds. The Labute approximate surface area is 93.2 Å². The molecular weight excluding hydrogens is 212 g/mol. The van der Waals surface area contributed by atoms with Gasteiger partial charge >= 0.3 is 12.1 Å². The lowest BCUT2D eigenvalue weighted by Gasteiger charge is -2.33. The second-order valence-corrected chi connectivity index (χ2v) is 4.66. The highest BCUT2D eigenvalue weighted by atomic mass is 16.4. The Bertz CT molecular complexity index is 288. The molecule has 1 unspecified atom stereocenters. The van der Waals surface area contributed by atoms with E-state index in [-0.39, 0.29) is 5.54 Å². The van der Waals surface area contributed by atoms with E-state index >= 15 is 0 Å². The molecule has 1 atom stereocenters. The molecule has 0 bridgehead atoms. The molecule has 2 fully saturated rings. The van der Waals surface area contributed by atoms with E-state index in [1.54, 1.807) is 0 Å². The zero-order valence-electron chi connectivity index (χ0n) is 8.98. The summed E-state index contributed by atoms with van der Waals surface area (Å²) in [5.41, 5.74) is 2.58. The normalized spacial score (nSPS) is 28.2. The van der Waals surface area contributed by atoms with Gasteiger partial charge in [-0.1, -0.05) is 19.3 Å². The van der Waals surface area contributed by atoms with Gasteiger partial charge in [0.2, 0.25) is 0 Å². The molecule has 2 aliphatic rings. The number of nitrogens with one attached hydrogen (secondary N) is 1. The van der Waals surface area contributed by atoms with Gasteiger partial charge in [0, 0.05) is 12.0 Å². The van der Waals surface area contributed by atoms with Gasteiger partial charge in [0.15, 0.2) is 6.04 Å². The Balaban J connectivity index is 2.16. The summed E-state index contributed by atoms with van der Waals surface area (Å²) in [6, 6.07) is -0.949. The summed E-state index contributed by atoms with van der Waals surface area (Å²) < 4.78 is 0. The zero-order chi connectivity index (χ0) is 11.8. The number of hydrogen-bond donors (Lipinski definition) is 3. The highest BCUT2D eigenvalue weighted by Gasteiger charge is 2.49. The molecule has 2 rings (SSSR count). The molecule has 1 heterocycles. The van der Waals surface area contributed by atoms with Crippen molar-refractivity contribution in [2.45, 2.75) is 50.1 Å². The Hall–Kier alpha value is -1.30. The summed E-state index contributed by atoms with van der Waals surface area (Å²) in [5.74, 6) is -1.07. The Morgan fingerprint density at radius 1 is 1.19 bits per heavy atom. The SMILES string of the molecule is O=C(O)C1CC2(CCCCC2)NN1C(=O)O. The predicted molar refractivity (Wildman–Crippen MR) is 54.9 cm³/mol. The maximum Gasteiger partial charge on any atom is 0.422 e. The summed E-state index contributed by atoms with van der Waals surface area (Å²) in [5, 5.41) is 18.8. The molecule has 0 aromatic rings. The van der Waals surface area contributed by atoms with Gasteiger partial charge in [0.05, 0.1) is 0 Å². The van der Waals surface area contributed by atoms with Crippen LogP contribution in [-0.4, -0.2) is 38.9 Å². The maximum atomic E-state index is 11.0. The summed E-state index contributed by atoms with van der Waals surface area (Å²) in [7, 11) is 0. The van der Waals surface area contributed by atoms with E-state index in [2.05, 4.69) is 5.43 Å². The largest absolute Gasteiger partial charge is 0.480 e. The molecule has 1 saturated carbocycles. The van der Waals surface area contributed by atoms with Crippen molar-refractivity contribution in [3.63, 3.8) is 0 Å². The lowest BCUT2D eigenvalue weighted by atomic mass is 9.79. The molecule has 1 aliphatic heterocycles. The number of nitrogens with zero attached hydrogens (tertiary/aromatic N) is 1. The van der Waals surface area contributed by atoms with Crippen molar-refractivity contribution in [3.8, 4) is 0 Å². The van der Waals surface area contributed by atoms with E-state index in [4.69, 9.17) is 10.2 Å². The first-order chi connectivity index (χ1) is 7.54. The van der Waals surface area contributed by atoms with Crippen LogP contribution in [0.15, 0.2) is 0 Å². The average Bonchev–Trinajstić information content (AvgIpc) is 2.59. The minimum Gasteiger partial charge on any atom is -0.480 e. The van der Waals surface area contributed by atoms with Crippen LogP contribution in [0.5, 0.6) is 0 Å². The Morgan fingerprint density at radius 3 is 2.25 bits per heavy atom. The van der Waals surface area contributed by atoms with Crippen LogP contribution in [0.4, 0.5) is 4.79 Å². The van der Waals surface area contributed by atoms with Crippen molar-refractivity contribution in [1.82, 2.24) is 10.4 Å². The second-order valence-electron chi connectivity index (χ2n) is 4.66. The van der Waals surface area contributed by atoms with E-state index in [9.17, 15) is 9.59 Å². The minimum absolute atomic E-state index is 0.306. The highest BCUT2D eigenvalue weighted by molar-refractivity contribution is 5.80. The Morgan fingerprint density at radius 2 is 1.81 bits per heavy atom. The third-order valence-corrected chi connectivity index (χ3v) is 3.56. The average molecular weight is 228 g/mol. The molecule has 0 radical (unpaired) electrons. The van der Waals surface area contributed by atoms with Crippen LogP contribution in [0, 0.1) is 0 Å². The molecule has 6 nitrogen and oxygen atoms in total. The molecule has 0 aromatic carbocycles. The lowest BCUT2D eigenvalue weighted by molar-refractivity contribution is -0.142. The first-order valence-electron chi connectivity index (χ1n) is 5.57. The van der Waals surface area contributed by atoms with E-state index in [1.165, 1.54) is 0 Å². The smallest absolute Gasteiger partial charge is 0.422 e. The van der Waals surface area contributed by atoms with Crippen molar-refractivity contribution >= 4 is 12.1 Å². The van der Waals surface area contributed by atoms with Crippen LogP contribution in [-0.2, 0) is 4.79 Å². The van der Waals surface area contributed by atoms with Crippen LogP contribution < -0.4 is 5.43 Å². The van der Waals surface area contributed by atoms with Gasteiger partial charge < -0.3 is 10.2 Å². The van der Waals surface area contributed by atoms with Crippen molar-refractivity contribution < 1.29 is 19.8 Å². The van der Waals surface area contributed by atoms with Gasteiger partial charge in [-0.25, -0.2) is 20.0 Å². The molecule has 0 aromatic heterocycles. The monoisotopic (exact) mass is 228 g/mol. The zero-order valence-corrected chi connectivity index (χ0v) is 8.98. The van der Waals surface area contributed by atoms with Crippen molar-refractivity contribution in [3.05, 3.63) is 0 Å². The summed E-state index contributed by atoms with van der Waals surface area (Å²) in [4.78, 5) is 21.9. The van der Waals surface area contributed by atoms with Crippen LogP contribution in [0.3, 0.4) is 0 Å². The van der Waals surface area contributed by atoms with Gasteiger partial charge in [-0.05, 0) is 12.8 Å². The van der Waals surface area contributed by atoms with Crippen LogP contribution in [0.1, 0.15) is 38.5 Å². The van der Waals surface area contributed by atoms with Gasteiger partial charge in [-0.3, -0.25) is 0 Å². The van der Waals surface area contributed by atoms with Crippen LogP contribution >= 0.6 is 0 Å². The van der Waals surface area contributed by atoms with Crippen LogP contribution in [0.2, 0.25) is 0 Å². The third kappa shape index (κ3) is 1.84. The maximum absolute atomic E-state index is 11.0. The van der Waals surface area contributed by atoms with E-state index < -0.39 is 18.1 Å². The van der Waals surface area contributed by atoms with E-state index in [0.717, 1.165) is 37.1 Å². The number of amides is 1.